The van der Waals surface area contributed by atoms with Crippen LogP contribution in [0.15, 0.2) is 48.5 Å². The Kier molecular flexibility index (Phi) is 6.31. The van der Waals surface area contributed by atoms with Crippen LogP contribution in [-0.2, 0) is 19.6 Å². The molecule has 160 valence electrons. The molecule has 2 aromatic rings. The highest BCUT2D eigenvalue weighted by Gasteiger charge is 2.29. The number of anilines is 3. The van der Waals surface area contributed by atoms with E-state index in [9.17, 15) is 18.0 Å². The van der Waals surface area contributed by atoms with E-state index in [4.69, 9.17) is 4.74 Å². The van der Waals surface area contributed by atoms with E-state index in [2.05, 4.69) is 5.32 Å². The first-order chi connectivity index (χ1) is 14.2. The molecule has 30 heavy (non-hydrogen) atoms. The van der Waals surface area contributed by atoms with Crippen LogP contribution in [0.2, 0.25) is 0 Å². The fraction of sp³-hybridized carbons (Fsp3) is 0.333. The molecule has 0 aliphatic carbocycles. The lowest BCUT2D eigenvalue weighted by molar-refractivity contribution is -0.117. The summed E-state index contributed by atoms with van der Waals surface area (Å²) in [5.41, 5.74) is 1.66. The summed E-state index contributed by atoms with van der Waals surface area (Å²) in [6, 6.07) is 12.4. The number of sulfonamides is 1. The number of amides is 2. The number of benzene rings is 2. The molecule has 3 rings (SSSR count). The zero-order valence-corrected chi connectivity index (χ0v) is 18.0. The third kappa shape index (κ3) is 4.73. The van der Waals surface area contributed by atoms with Crippen LogP contribution < -0.4 is 19.3 Å². The van der Waals surface area contributed by atoms with E-state index in [0.29, 0.717) is 30.1 Å². The summed E-state index contributed by atoms with van der Waals surface area (Å²) in [7, 11) is -2.19. The first kappa shape index (κ1) is 21.6. The molecular weight excluding hydrogens is 406 g/mol. The van der Waals surface area contributed by atoms with Gasteiger partial charge in [-0.05, 0) is 61.9 Å². The summed E-state index contributed by atoms with van der Waals surface area (Å²) < 4.78 is 30.9. The number of methoxy groups -OCH3 is 1. The lowest BCUT2D eigenvalue weighted by Gasteiger charge is -2.28. The lowest BCUT2D eigenvalue weighted by Crippen LogP contribution is -2.45. The number of carbonyl (C=O) groups excluding carboxylic acids is 2. The van der Waals surface area contributed by atoms with Crippen molar-refractivity contribution in [1.29, 1.82) is 0 Å². The van der Waals surface area contributed by atoms with Crippen LogP contribution >= 0.6 is 0 Å². The van der Waals surface area contributed by atoms with Gasteiger partial charge in [-0.15, -0.1) is 0 Å². The topological polar surface area (TPSA) is 96.0 Å². The van der Waals surface area contributed by atoms with Crippen molar-refractivity contribution in [2.24, 2.45) is 0 Å². The largest absolute Gasteiger partial charge is 0.497 e. The molecule has 1 fully saturated rings. The second kappa shape index (κ2) is 8.74. The van der Waals surface area contributed by atoms with Crippen LogP contribution in [-0.4, -0.2) is 46.2 Å². The minimum atomic E-state index is -3.71. The molecule has 8 nitrogen and oxygen atoms in total. The van der Waals surface area contributed by atoms with Crippen LogP contribution in [0.4, 0.5) is 17.1 Å². The third-order valence-electron chi connectivity index (χ3n) is 4.94. The molecule has 0 radical (unpaired) electrons. The highest BCUT2D eigenvalue weighted by molar-refractivity contribution is 7.92. The van der Waals surface area contributed by atoms with Gasteiger partial charge in [-0.3, -0.25) is 13.9 Å². The molecule has 2 aromatic carbocycles. The minimum absolute atomic E-state index is 0.0868. The van der Waals surface area contributed by atoms with Crippen molar-refractivity contribution in [3.8, 4) is 5.75 Å². The SMILES string of the molecule is COc1ccc(N([C@@H](C)C(=O)Nc2ccc(N3CCCC3=O)cc2)S(C)(=O)=O)cc1. The molecule has 1 aliphatic heterocycles. The van der Waals surface area contributed by atoms with Crippen molar-refractivity contribution in [1.82, 2.24) is 0 Å². The Balaban J connectivity index is 1.75. The number of carbonyl (C=O) groups is 2. The molecule has 1 aliphatic rings. The summed E-state index contributed by atoms with van der Waals surface area (Å²) in [5.74, 6) is 0.200. The van der Waals surface area contributed by atoms with Gasteiger partial charge in [-0.2, -0.15) is 0 Å². The molecule has 9 heteroatoms. The Bertz CT molecular complexity index is 1020. The predicted molar refractivity (Wildman–Crippen MR) is 116 cm³/mol. The van der Waals surface area contributed by atoms with E-state index in [1.807, 2.05) is 0 Å². The van der Waals surface area contributed by atoms with Gasteiger partial charge in [0.2, 0.25) is 21.8 Å². The van der Waals surface area contributed by atoms with Crippen LogP contribution in [0.25, 0.3) is 0 Å². The molecule has 0 saturated carbocycles. The fourth-order valence-corrected chi connectivity index (χ4v) is 4.61. The van der Waals surface area contributed by atoms with E-state index in [-0.39, 0.29) is 5.91 Å². The first-order valence-electron chi connectivity index (χ1n) is 9.55. The monoisotopic (exact) mass is 431 g/mol. The second-order valence-electron chi connectivity index (χ2n) is 7.12. The minimum Gasteiger partial charge on any atom is -0.497 e. The number of hydrogen-bond donors (Lipinski definition) is 1. The standard InChI is InChI=1S/C21H25N3O5S/c1-15(24(30(3,27)28)18-10-12-19(29-2)13-11-18)21(26)22-16-6-8-17(9-7-16)23-14-4-5-20(23)25/h6-13,15H,4-5,14H2,1-3H3,(H,22,26)/t15-/m0/s1. The summed E-state index contributed by atoms with van der Waals surface area (Å²) in [5, 5.41) is 2.74. The van der Waals surface area contributed by atoms with Gasteiger partial charge in [0, 0.05) is 24.3 Å². The molecule has 1 heterocycles. The van der Waals surface area contributed by atoms with Gasteiger partial charge in [0.1, 0.15) is 11.8 Å². The number of nitrogens with zero attached hydrogens (tertiary/aromatic N) is 2. The predicted octanol–water partition coefficient (Wildman–Crippen LogP) is 2.62. The molecule has 1 N–H and O–H groups in total. The van der Waals surface area contributed by atoms with Crippen LogP contribution in [0.5, 0.6) is 5.75 Å². The molecule has 1 saturated heterocycles. The molecule has 0 bridgehead atoms. The van der Waals surface area contributed by atoms with Crippen molar-refractivity contribution in [3.63, 3.8) is 0 Å². The molecule has 1 atom stereocenters. The summed E-state index contributed by atoms with van der Waals surface area (Å²) in [4.78, 5) is 26.4. The van der Waals surface area contributed by atoms with Gasteiger partial charge in [-0.25, -0.2) is 8.42 Å². The van der Waals surface area contributed by atoms with Crippen LogP contribution in [0.1, 0.15) is 19.8 Å². The summed E-state index contributed by atoms with van der Waals surface area (Å²) in [6.07, 6.45) is 2.44. The van der Waals surface area contributed by atoms with Gasteiger partial charge in [0.25, 0.3) is 0 Å². The van der Waals surface area contributed by atoms with Gasteiger partial charge in [0.15, 0.2) is 0 Å². The van der Waals surface area contributed by atoms with Gasteiger partial charge in [-0.1, -0.05) is 0 Å². The lowest BCUT2D eigenvalue weighted by atomic mass is 10.2. The van der Waals surface area contributed by atoms with Crippen LogP contribution in [0, 0.1) is 0 Å². The Hall–Kier alpha value is -3.07. The Morgan fingerprint density at radius 3 is 2.27 bits per heavy atom. The fourth-order valence-electron chi connectivity index (χ4n) is 3.43. The van der Waals surface area contributed by atoms with E-state index in [1.165, 1.54) is 14.0 Å². The highest BCUT2D eigenvalue weighted by Crippen LogP contribution is 2.26. The number of rotatable bonds is 7. The zero-order chi connectivity index (χ0) is 21.9. The average molecular weight is 432 g/mol. The maximum Gasteiger partial charge on any atom is 0.247 e. The maximum atomic E-state index is 12.8. The molecule has 0 spiro atoms. The van der Waals surface area contributed by atoms with Crippen molar-refractivity contribution in [2.45, 2.75) is 25.8 Å². The Morgan fingerprint density at radius 2 is 1.77 bits per heavy atom. The molecule has 2 amide bonds. The Morgan fingerprint density at radius 1 is 1.13 bits per heavy atom. The summed E-state index contributed by atoms with van der Waals surface area (Å²) in [6.45, 7) is 2.21. The quantitative estimate of drug-likeness (QED) is 0.727. The van der Waals surface area contributed by atoms with Crippen molar-refractivity contribution < 1.29 is 22.7 Å². The molecule has 0 unspecified atom stereocenters. The van der Waals surface area contributed by atoms with E-state index >= 15 is 0 Å². The highest BCUT2D eigenvalue weighted by atomic mass is 32.2. The maximum absolute atomic E-state index is 12.8. The molecule has 0 aromatic heterocycles. The van der Waals surface area contributed by atoms with E-state index in [0.717, 1.165) is 22.7 Å². The van der Waals surface area contributed by atoms with Crippen molar-refractivity contribution in [2.75, 3.05) is 34.4 Å². The van der Waals surface area contributed by atoms with Crippen molar-refractivity contribution in [3.05, 3.63) is 48.5 Å². The van der Waals surface area contributed by atoms with E-state index < -0.39 is 22.0 Å². The van der Waals surface area contributed by atoms with Crippen molar-refractivity contribution >= 4 is 38.9 Å². The normalized spacial score (nSPS) is 15.0. The third-order valence-corrected chi connectivity index (χ3v) is 6.18. The van der Waals surface area contributed by atoms with Gasteiger partial charge >= 0.3 is 0 Å². The average Bonchev–Trinajstić information content (AvgIpc) is 3.14. The number of ether oxygens (including phenoxy) is 1. The number of nitrogens with one attached hydrogen (secondary N) is 1. The van der Waals surface area contributed by atoms with E-state index in [1.54, 1.807) is 53.4 Å². The zero-order valence-electron chi connectivity index (χ0n) is 17.2. The van der Waals surface area contributed by atoms with Crippen LogP contribution in [0.3, 0.4) is 0 Å². The smallest absolute Gasteiger partial charge is 0.247 e. The number of hydrogen-bond acceptors (Lipinski definition) is 5. The molecular formula is C21H25N3O5S. The Labute approximate surface area is 176 Å². The van der Waals surface area contributed by atoms with Gasteiger partial charge in [0.05, 0.1) is 19.1 Å². The van der Waals surface area contributed by atoms with Gasteiger partial charge < -0.3 is 15.0 Å². The summed E-state index contributed by atoms with van der Waals surface area (Å²) >= 11 is 0. The first-order valence-corrected chi connectivity index (χ1v) is 11.4. The second-order valence-corrected chi connectivity index (χ2v) is 8.98.